The quantitative estimate of drug-likeness (QED) is 0.378. The normalized spacial score (nSPS) is 10.1. The van der Waals surface area contributed by atoms with Crippen LogP contribution in [0.5, 0.6) is 11.6 Å². The molecule has 8 nitrogen and oxygen atoms in total. The minimum Gasteiger partial charge on any atom is -0.437 e. The highest BCUT2D eigenvalue weighted by Gasteiger charge is 2.14. The van der Waals surface area contributed by atoms with Gasteiger partial charge in [0.1, 0.15) is 17.3 Å². The lowest BCUT2D eigenvalue weighted by Crippen LogP contribution is -2.13. The van der Waals surface area contributed by atoms with Crippen molar-refractivity contribution in [3.8, 4) is 11.6 Å². The lowest BCUT2D eigenvalue weighted by Gasteiger charge is -2.05. The second kappa shape index (κ2) is 5.26. The smallest absolute Gasteiger partial charge is 0.305 e. The molecule has 1 aromatic carbocycles. The zero-order valence-electron chi connectivity index (χ0n) is 9.91. The average Bonchev–Trinajstić information content (AvgIpc) is 2.39. The first-order valence-electron chi connectivity index (χ1n) is 5.25. The molecule has 0 unspecified atom stereocenters. The third-order valence-electron chi connectivity index (χ3n) is 2.24. The van der Waals surface area contributed by atoms with Crippen molar-refractivity contribution in [1.82, 2.24) is 9.97 Å². The van der Waals surface area contributed by atoms with Crippen molar-refractivity contribution < 1.29 is 14.1 Å². The first-order chi connectivity index (χ1) is 9.47. The van der Waals surface area contributed by atoms with E-state index in [-0.39, 0.29) is 23.2 Å². The molecule has 9 heteroatoms. The average molecular weight is 277 g/mol. The molecular formula is C11H8FN5O3. The predicted octanol–water partition coefficient (Wildman–Crippen LogP) is 1.60. The van der Waals surface area contributed by atoms with Crippen molar-refractivity contribution in [1.29, 1.82) is 5.41 Å². The summed E-state index contributed by atoms with van der Waals surface area (Å²) in [6, 6.07) is 3.10. The molecule has 0 saturated carbocycles. The summed E-state index contributed by atoms with van der Waals surface area (Å²) >= 11 is 0. The Kier molecular flexibility index (Phi) is 3.51. The molecule has 0 aliphatic rings. The van der Waals surface area contributed by atoms with E-state index in [1.54, 1.807) is 0 Å². The second-order valence-corrected chi connectivity index (χ2v) is 3.63. The highest BCUT2D eigenvalue weighted by molar-refractivity contribution is 5.92. The topological polar surface area (TPSA) is 128 Å². The van der Waals surface area contributed by atoms with Gasteiger partial charge in [-0.15, -0.1) is 0 Å². The Hall–Kier alpha value is -3.10. The van der Waals surface area contributed by atoms with Gasteiger partial charge in [0.2, 0.25) is 11.7 Å². The SMILES string of the molecule is N=C(N)c1cnc(Oc2ccc([N+](=O)[O-])c(F)c2)cn1. The summed E-state index contributed by atoms with van der Waals surface area (Å²) in [5.41, 5.74) is 4.74. The fourth-order valence-corrected chi connectivity index (χ4v) is 1.33. The van der Waals surface area contributed by atoms with Gasteiger partial charge in [0, 0.05) is 12.1 Å². The van der Waals surface area contributed by atoms with E-state index >= 15 is 0 Å². The Morgan fingerprint density at radius 3 is 2.65 bits per heavy atom. The molecule has 0 fully saturated rings. The fourth-order valence-electron chi connectivity index (χ4n) is 1.33. The number of rotatable bonds is 4. The van der Waals surface area contributed by atoms with Crippen LogP contribution in [0.2, 0.25) is 0 Å². The Morgan fingerprint density at radius 2 is 2.15 bits per heavy atom. The number of nitro benzene ring substituents is 1. The molecule has 0 aliphatic carbocycles. The van der Waals surface area contributed by atoms with Gasteiger partial charge in [0.05, 0.1) is 17.3 Å². The Balaban J connectivity index is 2.19. The maximum Gasteiger partial charge on any atom is 0.305 e. The molecule has 0 aliphatic heterocycles. The number of benzene rings is 1. The van der Waals surface area contributed by atoms with Gasteiger partial charge in [0.25, 0.3) is 0 Å². The number of nitrogens with zero attached hydrogens (tertiary/aromatic N) is 3. The van der Waals surface area contributed by atoms with E-state index in [4.69, 9.17) is 15.9 Å². The molecule has 102 valence electrons. The molecule has 1 heterocycles. The van der Waals surface area contributed by atoms with Crippen LogP contribution in [0.4, 0.5) is 10.1 Å². The molecule has 2 aromatic rings. The van der Waals surface area contributed by atoms with Gasteiger partial charge >= 0.3 is 5.69 Å². The summed E-state index contributed by atoms with van der Waals surface area (Å²) in [6.45, 7) is 0. The van der Waals surface area contributed by atoms with Crippen molar-refractivity contribution in [3.05, 3.63) is 52.2 Å². The van der Waals surface area contributed by atoms with Crippen LogP contribution in [0, 0.1) is 21.3 Å². The molecule has 0 atom stereocenters. The van der Waals surface area contributed by atoms with E-state index < -0.39 is 16.4 Å². The molecule has 2 rings (SSSR count). The van der Waals surface area contributed by atoms with Crippen LogP contribution >= 0.6 is 0 Å². The van der Waals surface area contributed by atoms with E-state index in [1.807, 2.05) is 0 Å². The summed E-state index contributed by atoms with van der Waals surface area (Å²) in [4.78, 5) is 17.3. The Morgan fingerprint density at radius 1 is 1.40 bits per heavy atom. The number of nitro groups is 1. The minimum absolute atomic E-state index is 0.0398. The van der Waals surface area contributed by atoms with E-state index in [0.29, 0.717) is 0 Å². The lowest BCUT2D eigenvalue weighted by atomic mass is 10.3. The van der Waals surface area contributed by atoms with E-state index in [0.717, 1.165) is 12.1 Å². The number of nitrogen functional groups attached to an aromatic ring is 1. The largest absolute Gasteiger partial charge is 0.437 e. The van der Waals surface area contributed by atoms with Gasteiger partial charge in [-0.25, -0.2) is 9.97 Å². The monoisotopic (exact) mass is 277 g/mol. The molecule has 0 saturated heterocycles. The fraction of sp³-hybridized carbons (Fsp3) is 0. The minimum atomic E-state index is -1.01. The third-order valence-corrected chi connectivity index (χ3v) is 2.24. The van der Waals surface area contributed by atoms with E-state index in [1.165, 1.54) is 18.5 Å². The van der Waals surface area contributed by atoms with Gasteiger partial charge in [-0.3, -0.25) is 15.5 Å². The van der Waals surface area contributed by atoms with Gasteiger partial charge in [-0.1, -0.05) is 0 Å². The highest BCUT2D eigenvalue weighted by atomic mass is 19.1. The first-order valence-corrected chi connectivity index (χ1v) is 5.25. The Labute approximate surface area is 111 Å². The summed E-state index contributed by atoms with van der Waals surface area (Å²) in [7, 11) is 0. The zero-order valence-corrected chi connectivity index (χ0v) is 9.91. The maximum absolute atomic E-state index is 13.4. The van der Waals surface area contributed by atoms with Crippen molar-refractivity contribution in [2.75, 3.05) is 0 Å². The van der Waals surface area contributed by atoms with E-state index in [9.17, 15) is 14.5 Å². The molecule has 3 N–H and O–H groups in total. The number of amidine groups is 1. The van der Waals surface area contributed by atoms with Crippen LogP contribution < -0.4 is 10.5 Å². The van der Waals surface area contributed by atoms with Crippen LogP contribution in [-0.2, 0) is 0 Å². The molecular weight excluding hydrogens is 269 g/mol. The number of nitrogens with one attached hydrogen (secondary N) is 1. The van der Waals surface area contributed by atoms with Crippen LogP contribution in [0.1, 0.15) is 5.69 Å². The van der Waals surface area contributed by atoms with Gasteiger partial charge < -0.3 is 10.5 Å². The van der Waals surface area contributed by atoms with Crippen LogP contribution in [0.3, 0.4) is 0 Å². The molecule has 0 amide bonds. The lowest BCUT2D eigenvalue weighted by molar-refractivity contribution is -0.387. The van der Waals surface area contributed by atoms with Crippen LogP contribution in [0.25, 0.3) is 0 Å². The predicted molar refractivity (Wildman–Crippen MR) is 66.2 cm³/mol. The summed E-state index contributed by atoms with van der Waals surface area (Å²) in [5.74, 6) is -1.17. The number of halogens is 1. The van der Waals surface area contributed by atoms with Gasteiger partial charge in [0.15, 0.2) is 0 Å². The number of hydrogen-bond donors (Lipinski definition) is 2. The summed E-state index contributed by atoms with van der Waals surface area (Å²) in [5, 5.41) is 17.6. The van der Waals surface area contributed by atoms with Gasteiger partial charge in [-0.2, -0.15) is 4.39 Å². The van der Waals surface area contributed by atoms with Crippen molar-refractivity contribution in [2.24, 2.45) is 5.73 Å². The molecule has 1 aromatic heterocycles. The zero-order chi connectivity index (χ0) is 14.7. The van der Waals surface area contributed by atoms with Crippen molar-refractivity contribution in [2.45, 2.75) is 0 Å². The van der Waals surface area contributed by atoms with Crippen LogP contribution in [-0.4, -0.2) is 20.7 Å². The number of aromatic nitrogens is 2. The second-order valence-electron chi connectivity index (χ2n) is 3.63. The summed E-state index contributed by atoms with van der Waals surface area (Å²) in [6.07, 6.45) is 2.43. The Bertz CT molecular complexity index is 674. The van der Waals surface area contributed by atoms with Crippen LogP contribution in [0.15, 0.2) is 30.6 Å². The number of ether oxygens (including phenoxy) is 1. The number of hydrogen-bond acceptors (Lipinski definition) is 6. The van der Waals surface area contributed by atoms with E-state index in [2.05, 4.69) is 9.97 Å². The van der Waals surface area contributed by atoms with Crippen molar-refractivity contribution >= 4 is 11.5 Å². The van der Waals surface area contributed by atoms with Crippen molar-refractivity contribution in [3.63, 3.8) is 0 Å². The summed E-state index contributed by atoms with van der Waals surface area (Å²) < 4.78 is 18.6. The van der Waals surface area contributed by atoms with Gasteiger partial charge in [-0.05, 0) is 6.07 Å². The maximum atomic E-state index is 13.4. The first kappa shape index (κ1) is 13.3. The number of nitrogens with two attached hydrogens (primary N) is 1. The standard InChI is InChI=1S/C11H8FN5O3/c12-7-3-6(1-2-9(7)17(18)19)20-10-5-15-8(4-16-10)11(13)14/h1-5H,(H3,13,14). The molecule has 0 radical (unpaired) electrons. The molecule has 0 spiro atoms. The third kappa shape index (κ3) is 2.83. The molecule has 20 heavy (non-hydrogen) atoms. The molecule has 0 bridgehead atoms. The highest BCUT2D eigenvalue weighted by Crippen LogP contribution is 2.25.